The van der Waals surface area contributed by atoms with Crippen LogP contribution < -0.4 is 5.56 Å². The van der Waals surface area contributed by atoms with E-state index < -0.39 is 23.1 Å². The molecular weight excluding hydrogens is 489 g/mol. The first-order valence-electron chi connectivity index (χ1n) is 11.7. The number of esters is 1. The molecule has 0 saturated heterocycles. The molecule has 0 spiro atoms. The summed E-state index contributed by atoms with van der Waals surface area (Å²) in [5.74, 6) is -0.147. The Morgan fingerprint density at radius 1 is 1.16 bits per heavy atom. The van der Waals surface area contributed by atoms with Gasteiger partial charge >= 0.3 is 12.1 Å². The lowest BCUT2D eigenvalue weighted by Crippen LogP contribution is -2.24. The number of aryl methyl sites for hydroxylation is 1. The molecule has 0 fully saturated rings. The molecule has 0 aliphatic rings. The van der Waals surface area contributed by atoms with Crippen molar-refractivity contribution in [3.8, 4) is 11.4 Å². The fraction of sp³-hybridized carbons (Fsp3) is 0.400. The third kappa shape index (κ3) is 5.57. The fourth-order valence-corrected chi connectivity index (χ4v) is 3.71. The molecule has 196 valence electrons. The molecule has 0 aliphatic heterocycles. The standard InChI is InChI=1S/C25H27F3N6O3/c1-5-9-32-14-29-21-19(22(32)35)31-20(34(21)15-37-23(36)24(2,3)4)17-11-30-33(13-17)12-16-7-6-8-18(10-16)25(26,27)28/h6-8,10-11,13-14H,5,9,12,15H2,1-4H3. The molecule has 4 aromatic rings. The maximum absolute atomic E-state index is 13.1. The largest absolute Gasteiger partial charge is 0.443 e. The van der Waals surface area contributed by atoms with Crippen molar-refractivity contribution in [2.75, 3.05) is 0 Å². The highest BCUT2D eigenvalue weighted by atomic mass is 19.4. The monoisotopic (exact) mass is 516 g/mol. The van der Waals surface area contributed by atoms with Gasteiger partial charge in [0.1, 0.15) is 12.2 Å². The number of carbonyl (C=O) groups is 1. The summed E-state index contributed by atoms with van der Waals surface area (Å²) in [6, 6.07) is 5.01. The number of benzene rings is 1. The van der Waals surface area contributed by atoms with Crippen molar-refractivity contribution in [1.29, 1.82) is 0 Å². The van der Waals surface area contributed by atoms with Gasteiger partial charge in [0.15, 0.2) is 17.9 Å². The number of carbonyl (C=O) groups excluding carboxylic acids is 1. The zero-order chi connectivity index (χ0) is 27.0. The van der Waals surface area contributed by atoms with E-state index in [1.165, 1.54) is 32.4 Å². The number of hydrogen-bond acceptors (Lipinski definition) is 6. The number of alkyl halides is 3. The van der Waals surface area contributed by atoms with Crippen LogP contribution in [-0.2, 0) is 35.5 Å². The number of nitrogens with zero attached hydrogens (tertiary/aromatic N) is 6. The Bertz CT molecular complexity index is 1490. The zero-order valence-electron chi connectivity index (χ0n) is 20.9. The smallest absolute Gasteiger partial charge is 0.416 e. The number of hydrogen-bond donors (Lipinski definition) is 0. The molecule has 0 bridgehead atoms. The van der Waals surface area contributed by atoms with Gasteiger partial charge in [-0.25, -0.2) is 9.97 Å². The summed E-state index contributed by atoms with van der Waals surface area (Å²) >= 11 is 0. The Labute approximate surface area is 210 Å². The van der Waals surface area contributed by atoms with Crippen LogP contribution in [0.15, 0.2) is 47.8 Å². The number of aromatic nitrogens is 6. The summed E-state index contributed by atoms with van der Waals surface area (Å²) in [5.41, 5.74) is -0.546. The second-order valence-electron chi connectivity index (χ2n) is 9.71. The van der Waals surface area contributed by atoms with E-state index in [9.17, 15) is 22.8 Å². The van der Waals surface area contributed by atoms with Gasteiger partial charge in [0.2, 0.25) is 0 Å². The minimum Gasteiger partial charge on any atom is -0.443 e. The molecule has 0 radical (unpaired) electrons. The molecule has 0 unspecified atom stereocenters. The van der Waals surface area contributed by atoms with E-state index in [1.807, 2.05) is 6.92 Å². The average molecular weight is 517 g/mol. The molecule has 0 saturated carbocycles. The average Bonchev–Trinajstić information content (AvgIpc) is 3.43. The lowest BCUT2D eigenvalue weighted by atomic mass is 9.98. The molecule has 4 rings (SSSR count). The van der Waals surface area contributed by atoms with Crippen molar-refractivity contribution in [2.45, 2.75) is 60.1 Å². The lowest BCUT2D eigenvalue weighted by Gasteiger charge is -2.17. The minimum atomic E-state index is -4.45. The first kappa shape index (κ1) is 26.1. The molecule has 0 amide bonds. The number of ether oxygens (including phenoxy) is 1. The van der Waals surface area contributed by atoms with Crippen molar-refractivity contribution in [1.82, 2.24) is 28.9 Å². The Kier molecular flexibility index (Phi) is 6.94. The van der Waals surface area contributed by atoms with E-state index in [0.29, 0.717) is 23.5 Å². The topological polar surface area (TPSA) is 96.8 Å². The SMILES string of the molecule is CCCn1cnc2c(nc(-c3cnn(Cc4cccc(C(F)(F)F)c4)c3)n2COC(=O)C(C)(C)C)c1=O. The van der Waals surface area contributed by atoms with Crippen LogP contribution in [0.4, 0.5) is 13.2 Å². The van der Waals surface area contributed by atoms with Crippen LogP contribution >= 0.6 is 0 Å². The molecule has 37 heavy (non-hydrogen) atoms. The highest BCUT2D eigenvalue weighted by Gasteiger charge is 2.30. The van der Waals surface area contributed by atoms with Crippen molar-refractivity contribution < 1.29 is 22.7 Å². The quantitative estimate of drug-likeness (QED) is 0.336. The maximum atomic E-state index is 13.1. The van der Waals surface area contributed by atoms with Gasteiger partial charge in [0.25, 0.3) is 5.56 Å². The Morgan fingerprint density at radius 3 is 2.59 bits per heavy atom. The summed E-state index contributed by atoms with van der Waals surface area (Å²) in [6.07, 6.45) is 0.804. The van der Waals surface area contributed by atoms with E-state index in [-0.39, 0.29) is 30.0 Å². The van der Waals surface area contributed by atoms with Crippen molar-refractivity contribution in [2.24, 2.45) is 5.41 Å². The van der Waals surface area contributed by atoms with Gasteiger partial charge in [-0.2, -0.15) is 18.3 Å². The predicted molar refractivity (Wildman–Crippen MR) is 129 cm³/mol. The predicted octanol–water partition coefficient (Wildman–Crippen LogP) is 4.48. The van der Waals surface area contributed by atoms with Crippen LogP contribution in [0.25, 0.3) is 22.6 Å². The number of fused-ring (bicyclic) bond motifs is 1. The Balaban J connectivity index is 1.72. The third-order valence-corrected chi connectivity index (χ3v) is 5.62. The maximum Gasteiger partial charge on any atom is 0.416 e. The van der Waals surface area contributed by atoms with E-state index in [1.54, 1.807) is 33.0 Å². The van der Waals surface area contributed by atoms with Gasteiger partial charge in [-0.3, -0.25) is 23.4 Å². The number of halogens is 3. The fourth-order valence-electron chi connectivity index (χ4n) is 3.71. The molecule has 12 heteroatoms. The van der Waals surface area contributed by atoms with Gasteiger partial charge in [-0.15, -0.1) is 0 Å². The van der Waals surface area contributed by atoms with Crippen LogP contribution in [0.3, 0.4) is 0 Å². The van der Waals surface area contributed by atoms with Gasteiger partial charge in [-0.1, -0.05) is 19.1 Å². The van der Waals surface area contributed by atoms with E-state index in [2.05, 4.69) is 15.1 Å². The van der Waals surface area contributed by atoms with Gasteiger partial charge in [0.05, 0.1) is 29.3 Å². The van der Waals surface area contributed by atoms with Crippen LogP contribution in [0.1, 0.15) is 45.2 Å². The zero-order valence-corrected chi connectivity index (χ0v) is 20.9. The summed E-state index contributed by atoms with van der Waals surface area (Å²) < 4.78 is 49.2. The normalized spacial score (nSPS) is 12.3. The van der Waals surface area contributed by atoms with Crippen LogP contribution in [-0.4, -0.2) is 34.9 Å². The summed E-state index contributed by atoms with van der Waals surface area (Å²) in [5, 5.41) is 4.27. The minimum absolute atomic E-state index is 0.0880. The van der Waals surface area contributed by atoms with Crippen LogP contribution in [0, 0.1) is 5.41 Å². The number of rotatable bonds is 7. The molecule has 3 aromatic heterocycles. The second kappa shape index (κ2) is 9.83. The first-order valence-corrected chi connectivity index (χ1v) is 11.7. The first-order chi connectivity index (χ1) is 17.4. The molecule has 9 nitrogen and oxygen atoms in total. The van der Waals surface area contributed by atoms with Crippen molar-refractivity contribution in [3.63, 3.8) is 0 Å². The highest BCUT2D eigenvalue weighted by Crippen LogP contribution is 2.30. The van der Waals surface area contributed by atoms with E-state index in [4.69, 9.17) is 4.74 Å². The molecule has 0 atom stereocenters. The Hall–Kier alpha value is -3.96. The van der Waals surface area contributed by atoms with E-state index in [0.717, 1.165) is 18.6 Å². The van der Waals surface area contributed by atoms with Gasteiger partial charge in [0, 0.05) is 12.7 Å². The third-order valence-electron chi connectivity index (χ3n) is 5.62. The molecule has 3 heterocycles. The highest BCUT2D eigenvalue weighted by molar-refractivity contribution is 5.77. The van der Waals surface area contributed by atoms with Crippen LogP contribution in [0.2, 0.25) is 0 Å². The van der Waals surface area contributed by atoms with Gasteiger partial charge < -0.3 is 4.74 Å². The summed E-state index contributed by atoms with van der Waals surface area (Å²) in [7, 11) is 0. The van der Waals surface area contributed by atoms with Crippen LogP contribution in [0.5, 0.6) is 0 Å². The summed E-state index contributed by atoms with van der Waals surface area (Å²) in [6.45, 7) is 7.43. The van der Waals surface area contributed by atoms with E-state index >= 15 is 0 Å². The second-order valence-corrected chi connectivity index (χ2v) is 9.71. The molecule has 0 aliphatic carbocycles. The van der Waals surface area contributed by atoms with Crippen molar-refractivity contribution >= 4 is 17.1 Å². The molecular formula is C25H27F3N6O3. The van der Waals surface area contributed by atoms with Gasteiger partial charge in [-0.05, 0) is 44.9 Å². The number of imidazole rings is 1. The Morgan fingerprint density at radius 2 is 1.92 bits per heavy atom. The summed E-state index contributed by atoms with van der Waals surface area (Å²) in [4.78, 5) is 34.3. The molecule has 1 aromatic carbocycles. The van der Waals surface area contributed by atoms with Crippen molar-refractivity contribution in [3.05, 3.63) is 64.5 Å². The molecule has 0 N–H and O–H groups in total. The lowest BCUT2D eigenvalue weighted by molar-refractivity contribution is -0.156.